The number of aromatic nitrogens is 4. The highest BCUT2D eigenvalue weighted by Crippen LogP contribution is 2.34. The van der Waals surface area contributed by atoms with Crippen molar-refractivity contribution >= 4 is 11.9 Å². The maximum Gasteiger partial charge on any atom is 0.286 e. The first-order valence-electron chi connectivity index (χ1n) is 8.14. The van der Waals surface area contributed by atoms with Gasteiger partial charge in [0.15, 0.2) is 5.82 Å². The number of nitrogens with zero attached hydrogens (tertiary/aromatic N) is 4. The molecule has 0 radical (unpaired) electrons. The van der Waals surface area contributed by atoms with Gasteiger partial charge in [-0.15, -0.1) is 0 Å². The molecule has 3 N–H and O–H groups in total. The number of nitrogen functional groups attached to an aromatic ring is 1. The summed E-state index contributed by atoms with van der Waals surface area (Å²) in [4.78, 5) is 15.9. The van der Waals surface area contributed by atoms with Gasteiger partial charge in [-0.1, -0.05) is 6.07 Å². The average Bonchev–Trinajstić information content (AvgIpc) is 2.56. The van der Waals surface area contributed by atoms with E-state index in [0.717, 1.165) is 6.92 Å². The second kappa shape index (κ2) is 6.65. The predicted molar refractivity (Wildman–Crippen MR) is 87.9 cm³/mol. The largest absolute Gasteiger partial charge is 0.368 e. The fraction of sp³-hybridized carbons (Fsp3) is 0.500. The Kier molecular flexibility index (Phi) is 4.68. The number of alkyl halides is 4. The second-order valence-corrected chi connectivity index (χ2v) is 6.41. The molecule has 2 aromatic rings. The maximum atomic E-state index is 13.5. The van der Waals surface area contributed by atoms with Crippen molar-refractivity contribution in [1.29, 1.82) is 0 Å². The molecule has 0 aliphatic heterocycles. The van der Waals surface area contributed by atoms with Gasteiger partial charge in [0.05, 0.1) is 0 Å². The molecule has 0 spiro atoms. The summed E-state index contributed by atoms with van der Waals surface area (Å²) in [7, 11) is 0. The molecule has 0 unspecified atom stereocenters. The molecule has 1 saturated carbocycles. The Bertz CT molecular complexity index is 783. The third kappa shape index (κ3) is 4.36. The van der Waals surface area contributed by atoms with Crippen molar-refractivity contribution in [1.82, 2.24) is 19.9 Å². The van der Waals surface area contributed by atoms with E-state index in [0.29, 0.717) is 0 Å². The van der Waals surface area contributed by atoms with Gasteiger partial charge in [0, 0.05) is 25.8 Å². The van der Waals surface area contributed by atoms with E-state index >= 15 is 0 Å². The van der Waals surface area contributed by atoms with Crippen LogP contribution in [0.5, 0.6) is 0 Å². The third-order valence-corrected chi connectivity index (χ3v) is 4.13. The first-order chi connectivity index (χ1) is 12.1. The number of nitrogens with two attached hydrogens (primary N) is 1. The van der Waals surface area contributed by atoms with Gasteiger partial charge in [-0.25, -0.2) is 13.8 Å². The molecular weight excluding hydrogens is 352 g/mol. The fourth-order valence-electron chi connectivity index (χ4n) is 2.74. The van der Waals surface area contributed by atoms with Crippen LogP contribution in [0.4, 0.5) is 29.5 Å². The van der Waals surface area contributed by atoms with Gasteiger partial charge in [0.25, 0.3) is 5.92 Å². The van der Waals surface area contributed by atoms with Gasteiger partial charge in [-0.2, -0.15) is 23.7 Å². The standard InChI is InChI=1S/C16H18F4N6/c1-15(17,18)11-4-2-3-10(23-11)12-24-13(21)26-14(25-12)22-9-5-7-16(19,20)8-6-9/h2-4,9H,5-8H2,1H3,(H3,21,22,24,25,26). The minimum Gasteiger partial charge on any atom is -0.368 e. The Morgan fingerprint density at radius 1 is 1.12 bits per heavy atom. The average molecular weight is 370 g/mol. The summed E-state index contributed by atoms with van der Waals surface area (Å²) in [5.74, 6) is -5.72. The van der Waals surface area contributed by atoms with Crippen LogP contribution in [0.15, 0.2) is 18.2 Å². The van der Waals surface area contributed by atoms with Crippen LogP contribution in [0.25, 0.3) is 11.5 Å². The lowest BCUT2D eigenvalue weighted by atomic mass is 9.92. The zero-order valence-electron chi connectivity index (χ0n) is 14.0. The summed E-state index contributed by atoms with van der Waals surface area (Å²) >= 11 is 0. The zero-order chi connectivity index (χ0) is 18.9. The smallest absolute Gasteiger partial charge is 0.286 e. The van der Waals surface area contributed by atoms with Crippen molar-refractivity contribution in [3.05, 3.63) is 23.9 Å². The minimum atomic E-state index is -3.11. The fourth-order valence-corrected chi connectivity index (χ4v) is 2.74. The molecule has 10 heteroatoms. The SMILES string of the molecule is CC(F)(F)c1cccc(-c2nc(N)nc(NC3CCC(F)(F)CC3)n2)n1. The number of nitrogens with one attached hydrogen (secondary N) is 1. The van der Waals surface area contributed by atoms with E-state index in [4.69, 9.17) is 5.73 Å². The molecule has 0 atom stereocenters. The molecule has 26 heavy (non-hydrogen) atoms. The molecule has 0 bridgehead atoms. The van der Waals surface area contributed by atoms with Crippen molar-refractivity contribution in [3.8, 4) is 11.5 Å². The molecule has 0 saturated heterocycles. The van der Waals surface area contributed by atoms with E-state index in [2.05, 4.69) is 25.3 Å². The van der Waals surface area contributed by atoms with Gasteiger partial charge in [-0.05, 0) is 25.0 Å². The van der Waals surface area contributed by atoms with Crippen LogP contribution < -0.4 is 11.1 Å². The second-order valence-electron chi connectivity index (χ2n) is 6.41. The Balaban J connectivity index is 1.82. The van der Waals surface area contributed by atoms with Crippen molar-refractivity contribution < 1.29 is 17.6 Å². The molecule has 2 heterocycles. The lowest BCUT2D eigenvalue weighted by molar-refractivity contribution is -0.0361. The van der Waals surface area contributed by atoms with Gasteiger partial charge in [-0.3, -0.25) is 0 Å². The van der Waals surface area contributed by atoms with Crippen LogP contribution in [-0.4, -0.2) is 31.9 Å². The Labute approximate surface area is 147 Å². The third-order valence-electron chi connectivity index (χ3n) is 4.13. The van der Waals surface area contributed by atoms with Gasteiger partial charge in [0.1, 0.15) is 11.4 Å². The molecule has 1 aliphatic carbocycles. The first-order valence-corrected chi connectivity index (χ1v) is 8.14. The summed E-state index contributed by atoms with van der Waals surface area (Å²) in [6, 6.07) is 3.89. The van der Waals surface area contributed by atoms with Crippen LogP contribution in [0.2, 0.25) is 0 Å². The lowest BCUT2D eigenvalue weighted by Gasteiger charge is -2.28. The predicted octanol–water partition coefficient (Wildman–Crippen LogP) is 3.62. The summed E-state index contributed by atoms with van der Waals surface area (Å²) in [5, 5.41) is 2.96. The summed E-state index contributed by atoms with van der Waals surface area (Å²) in [6.07, 6.45) is 0.105. The quantitative estimate of drug-likeness (QED) is 0.799. The Morgan fingerprint density at radius 3 is 2.46 bits per heavy atom. The molecule has 0 aromatic carbocycles. The van der Waals surface area contributed by atoms with Crippen LogP contribution >= 0.6 is 0 Å². The van der Waals surface area contributed by atoms with Crippen molar-refractivity contribution in [2.75, 3.05) is 11.1 Å². The molecule has 1 fully saturated rings. The number of halogens is 4. The summed E-state index contributed by atoms with van der Waals surface area (Å²) < 4.78 is 53.4. The van der Waals surface area contributed by atoms with Crippen LogP contribution in [0, 0.1) is 0 Å². The molecule has 6 nitrogen and oxygen atoms in total. The van der Waals surface area contributed by atoms with E-state index in [9.17, 15) is 17.6 Å². The van der Waals surface area contributed by atoms with E-state index < -0.39 is 17.5 Å². The van der Waals surface area contributed by atoms with Gasteiger partial charge in [0.2, 0.25) is 17.8 Å². The number of hydrogen-bond donors (Lipinski definition) is 2. The number of hydrogen-bond acceptors (Lipinski definition) is 6. The highest BCUT2D eigenvalue weighted by Gasteiger charge is 2.35. The maximum absolute atomic E-state index is 13.5. The molecule has 3 rings (SSSR count). The topological polar surface area (TPSA) is 89.6 Å². The zero-order valence-corrected chi connectivity index (χ0v) is 14.0. The molecule has 2 aromatic heterocycles. The first kappa shape index (κ1) is 18.3. The summed E-state index contributed by atoms with van der Waals surface area (Å²) in [6.45, 7) is 0.743. The van der Waals surface area contributed by atoms with Gasteiger partial charge >= 0.3 is 0 Å². The van der Waals surface area contributed by atoms with E-state index in [1.165, 1.54) is 18.2 Å². The van der Waals surface area contributed by atoms with E-state index in [-0.39, 0.29) is 55.1 Å². The molecule has 140 valence electrons. The highest BCUT2D eigenvalue weighted by atomic mass is 19.3. The van der Waals surface area contributed by atoms with E-state index in [1.54, 1.807) is 0 Å². The van der Waals surface area contributed by atoms with Crippen molar-refractivity contribution in [2.24, 2.45) is 0 Å². The van der Waals surface area contributed by atoms with E-state index in [1.807, 2.05) is 0 Å². The molecule has 1 aliphatic rings. The monoisotopic (exact) mass is 370 g/mol. The van der Waals surface area contributed by atoms with Crippen molar-refractivity contribution in [2.45, 2.75) is 50.5 Å². The Hall–Kier alpha value is -2.52. The number of pyridine rings is 1. The lowest BCUT2D eigenvalue weighted by Crippen LogP contribution is -2.32. The van der Waals surface area contributed by atoms with Crippen LogP contribution in [0.3, 0.4) is 0 Å². The van der Waals surface area contributed by atoms with Crippen LogP contribution in [-0.2, 0) is 5.92 Å². The normalized spacial score (nSPS) is 17.9. The van der Waals surface area contributed by atoms with Crippen molar-refractivity contribution in [3.63, 3.8) is 0 Å². The minimum absolute atomic E-state index is 0.0345. The Morgan fingerprint density at radius 2 is 1.81 bits per heavy atom. The number of anilines is 2. The van der Waals surface area contributed by atoms with Crippen LogP contribution in [0.1, 0.15) is 38.3 Å². The highest BCUT2D eigenvalue weighted by molar-refractivity contribution is 5.53. The summed E-state index contributed by atoms with van der Waals surface area (Å²) in [5.41, 5.74) is 5.37. The van der Waals surface area contributed by atoms with Gasteiger partial charge < -0.3 is 11.1 Å². The number of rotatable bonds is 4. The molecular formula is C16H18F4N6. The molecule has 0 amide bonds.